The van der Waals surface area contributed by atoms with Crippen LogP contribution in [0.2, 0.25) is 0 Å². The Morgan fingerprint density at radius 2 is 2.14 bits per heavy atom. The summed E-state index contributed by atoms with van der Waals surface area (Å²) >= 11 is 0. The lowest BCUT2D eigenvalue weighted by atomic mass is 10.0. The largest absolute Gasteiger partial charge is 0.234 e. The summed E-state index contributed by atoms with van der Waals surface area (Å²) in [5, 5.41) is 0. The van der Waals surface area contributed by atoms with E-state index >= 15 is 0 Å². The molecule has 0 amide bonds. The predicted octanol–water partition coefficient (Wildman–Crippen LogP) is 1.08. The van der Waals surface area contributed by atoms with E-state index in [1.165, 1.54) is 24.8 Å². The lowest BCUT2D eigenvalue weighted by Gasteiger charge is -2.18. The van der Waals surface area contributed by atoms with E-state index in [1.54, 1.807) is 0 Å². The maximum Gasteiger partial charge on any atom is 0.157 e. The van der Waals surface area contributed by atoms with Crippen molar-refractivity contribution in [2.75, 3.05) is 18.6 Å². The predicted molar refractivity (Wildman–Crippen MR) is 58.8 cm³/mol. The minimum absolute atomic E-state index is 0.272. The Morgan fingerprint density at radius 3 is 2.64 bits per heavy atom. The first kappa shape index (κ1) is 11.7. The van der Waals surface area contributed by atoms with Crippen LogP contribution < -0.4 is 0 Å². The van der Waals surface area contributed by atoms with Crippen molar-refractivity contribution in [3.8, 4) is 0 Å². The summed E-state index contributed by atoms with van der Waals surface area (Å²) in [6.07, 6.45) is 4.84. The maximum absolute atomic E-state index is 11.1. The highest BCUT2D eigenvalue weighted by atomic mass is 32.2. The monoisotopic (exact) mass is 218 g/mol. The average Bonchev–Trinajstić information content (AvgIpc) is 2.01. The van der Waals surface area contributed by atoms with Crippen LogP contribution in [0.1, 0.15) is 33.1 Å². The molecule has 1 atom stereocenters. The molecule has 0 fully saturated rings. The molecule has 0 N–H and O–H groups in total. The second-order valence-corrected chi connectivity index (χ2v) is 6.56. The summed E-state index contributed by atoms with van der Waals surface area (Å²) in [6, 6.07) is 0.505. The zero-order chi connectivity index (χ0) is 10.8. The molecule has 82 valence electrons. The first-order valence-corrected chi connectivity index (χ1v) is 7.23. The van der Waals surface area contributed by atoms with Crippen molar-refractivity contribution in [2.24, 2.45) is 0 Å². The molecule has 14 heavy (non-hydrogen) atoms. The Labute approximate surface area is 86.7 Å². The summed E-state index contributed by atoms with van der Waals surface area (Å²) in [5.74, 6) is 0.272. The summed E-state index contributed by atoms with van der Waals surface area (Å²) in [7, 11) is -2.83. The van der Waals surface area contributed by atoms with Gasteiger partial charge in [0.05, 0.1) is 0 Å². The molecule has 0 radical (unpaired) electrons. The zero-order valence-electron chi connectivity index (χ0n) is 9.28. The van der Waals surface area contributed by atoms with Gasteiger partial charge in [0.25, 0.3) is 0 Å². The molecule has 0 aromatic carbocycles. The first-order chi connectivity index (χ1) is 6.40. The lowest BCUT2D eigenvalue weighted by molar-refractivity contribution is -0.564. The van der Waals surface area contributed by atoms with E-state index in [2.05, 4.69) is 18.4 Å². The Morgan fingerprint density at radius 1 is 1.50 bits per heavy atom. The number of rotatable bonds is 3. The van der Waals surface area contributed by atoms with E-state index < -0.39 is 9.84 Å². The van der Waals surface area contributed by atoms with Gasteiger partial charge in [-0.2, -0.15) is 0 Å². The van der Waals surface area contributed by atoms with Gasteiger partial charge in [-0.15, -0.1) is 0 Å². The summed E-state index contributed by atoms with van der Waals surface area (Å²) in [4.78, 5) is 0. The van der Waals surface area contributed by atoms with Crippen molar-refractivity contribution in [2.45, 2.75) is 39.2 Å². The van der Waals surface area contributed by atoms with E-state index in [1.807, 2.05) is 0 Å². The fourth-order valence-corrected chi connectivity index (χ4v) is 2.53. The highest BCUT2D eigenvalue weighted by molar-refractivity contribution is 7.90. The van der Waals surface area contributed by atoms with Gasteiger partial charge in [0.15, 0.2) is 16.4 Å². The van der Waals surface area contributed by atoms with Crippen LogP contribution in [-0.2, 0) is 9.84 Å². The van der Waals surface area contributed by atoms with Gasteiger partial charge in [0, 0.05) is 26.0 Å². The van der Waals surface area contributed by atoms with Crippen LogP contribution in [-0.4, -0.2) is 43.3 Å². The third-order valence-corrected chi connectivity index (χ3v) is 3.81. The number of hydrogen-bond acceptors (Lipinski definition) is 2. The van der Waals surface area contributed by atoms with Crippen molar-refractivity contribution in [3.05, 3.63) is 0 Å². The molecule has 4 heteroatoms. The van der Waals surface area contributed by atoms with Gasteiger partial charge in [-0.25, -0.2) is 13.0 Å². The van der Waals surface area contributed by atoms with Gasteiger partial charge in [-0.05, 0) is 13.3 Å². The molecule has 0 spiro atoms. The molecule has 0 bridgehead atoms. The molecule has 3 nitrogen and oxygen atoms in total. The lowest BCUT2D eigenvalue weighted by Crippen LogP contribution is -2.35. The summed E-state index contributed by atoms with van der Waals surface area (Å²) in [5.41, 5.74) is 1.34. The third-order valence-electron chi connectivity index (χ3n) is 2.89. The Bertz CT molecular complexity index is 330. The van der Waals surface area contributed by atoms with Crippen molar-refractivity contribution in [1.29, 1.82) is 0 Å². The third kappa shape index (κ3) is 3.40. The van der Waals surface area contributed by atoms with Crippen LogP contribution in [0.25, 0.3) is 0 Å². The highest BCUT2D eigenvalue weighted by Gasteiger charge is 2.24. The van der Waals surface area contributed by atoms with Gasteiger partial charge in [0.2, 0.25) is 0 Å². The highest BCUT2D eigenvalue weighted by Crippen LogP contribution is 2.12. The quantitative estimate of drug-likeness (QED) is 0.665. The van der Waals surface area contributed by atoms with Crippen molar-refractivity contribution >= 4 is 15.5 Å². The van der Waals surface area contributed by atoms with Crippen molar-refractivity contribution in [3.63, 3.8) is 0 Å². The van der Waals surface area contributed by atoms with Crippen LogP contribution in [0.5, 0.6) is 0 Å². The van der Waals surface area contributed by atoms with E-state index in [0.29, 0.717) is 12.6 Å². The van der Waals surface area contributed by atoms with Gasteiger partial charge in [0.1, 0.15) is 17.5 Å². The maximum atomic E-state index is 11.1. The van der Waals surface area contributed by atoms with Crippen LogP contribution >= 0.6 is 0 Å². The second kappa shape index (κ2) is 4.43. The normalized spacial score (nSPS) is 24.1. The molecule has 1 aliphatic heterocycles. The van der Waals surface area contributed by atoms with Crippen molar-refractivity contribution in [1.82, 2.24) is 0 Å². The van der Waals surface area contributed by atoms with Gasteiger partial charge >= 0.3 is 0 Å². The SMILES string of the molecule is CC1=[N+](CCS(C)(=O)=O)[C@H](C)CCC1. The molecular formula is C10H20NO2S+. The van der Waals surface area contributed by atoms with Crippen molar-refractivity contribution < 1.29 is 13.0 Å². The molecule has 0 aromatic rings. The van der Waals surface area contributed by atoms with E-state index in [-0.39, 0.29) is 5.75 Å². The van der Waals surface area contributed by atoms with Crippen LogP contribution in [0.3, 0.4) is 0 Å². The Kier molecular flexibility index (Phi) is 3.70. The topological polar surface area (TPSA) is 37.1 Å². The molecule has 1 aliphatic rings. The van der Waals surface area contributed by atoms with Gasteiger partial charge in [-0.3, -0.25) is 0 Å². The minimum atomic E-state index is -2.83. The first-order valence-electron chi connectivity index (χ1n) is 5.17. The fraction of sp³-hybridized carbons (Fsp3) is 0.900. The zero-order valence-corrected chi connectivity index (χ0v) is 10.1. The Balaban J connectivity index is 2.66. The smallest absolute Gasteiger partial charge is 0.157 e. The molecule has 0 unspecified atom stereocenters. The number of hydrogen-bond donors (Lipinski definition) is 0. The molecule has 0 saturated heterocycles. The minimum Gasteiger partial charge on any atom is -0.234 e. The van der Waals surface area contributed by atoms with Crippen LogP contribution in [0, 0.1) is 0 Å². The molecular weight excluding hydrogens is 198 g/mol. The molecule has 0 saturated carbocycles. The summed E-state index contributed by atoms with van der Waals surface area (Å²) < 4.78 is 24.3. The van der Waals surface area contributed by atoms with Gasteiger partial charge in [-0.1, -0.05) is 0 Å². The molecule has 0 aromatic heterocycles. The number of nitrogens with zero attached hydrogens (tertiary/aromatic N) is 1. The number of sulfone groups is 1. The van der Waals surface area contributed by atoms with Crippen LogP contribution in [0.15, 0.2) is 0 Å². The summed E-state index contributed by atoms with van der Waals surface area (Å²) in [6.45, 7) is 4.94. The fourth-order valence-electron chi connectivity index (χ4n) is 2.00. The van der Waals surface area contributed by atoms with Crippen LogP contribution in [0.4, 0.5) is 0 Å². The Hall–Kier alpha value is -0.380. The average molecular weight is 218 g/mol. The molecule has 1 heterocycles. The van der Waals surface area contributed by atoms with Gasteiger partial charge < -0.3 is 0 Å². The second-order valence-electron chi connectivity index (χ2n) is 4.30. The van der Waals surface area contributed by atoms with E-state index in [4.69, 9.17) is 0 Å². The molecule has 0 aliphatic carbocycles. The molecule has 1 rings (SSSR count). The van der Waals surface area contributed by atoms with E-state index in [0.717, 1.165) is 6.42 Å². The standard InChI is InChI=1S/C10H20NO2S/c1-9-5-4-6-10(2)11(9)7-8-14(3,12)13/h9H,4-8H2,1-3H3/q+1/t9-/m1/s1. The van der Waals surface area contributed by atoms with E-state index in [9.17, 15) is 8.42 Å².